The van der Waals surface area contributed by atoms with Crippen LogP contribution in [0.5, 0.6) is 0 Å². The Hall–Kier alpha value is -0.320. The molecule has 2 aliphatic rings. The molecular formula is C12H23ClN2O2. The molecule has 2 saturated heterocycles. The fourth-order valence-electron chi connectivity index (χ4n) is 2.50. The molecule has 3 unspecified atom stereocenters. The van der Waals surface area contributed by atoms with Gasteiger partial charge in [-0.25, -0.2) is 0 Å². The first-order valence-corrected chi connectivity index (χ1v) is 6.28. The first-order valence-electron chi connectivity index (χ1n) is 6.28. The van der Waals surface area contributed by atoms with E-state index < -0.39 is 0 Å². The minimum absolute atomic E-state index is 0. The summed E-state index contributed by atoms with van der Waals surface area (Å²) >= 11 is 0. The molecule has 0 radical (unpaired) electrons. The quantitative estimate of drug-likeness (QED) is 0.809. The molecule has 1 N–H and O–H groups in total. The van der Waals surface area contributed by atoms with Crippen LogP contribution in [0, 0.1) is 5.92 Å². The maximum atomic E-state index is 12.2. The number of nitrogens with zero attached hydrogens (tertiary/aromatic N) is 1. The Labute approximate surface area is 109 Å². The summed E-state index contributed by atoms with van der Waals surface area (Å²) in [5.74, 6) is 0.842. The molecule has 0 aromatic carbocycles. The van der Waals surface area contributed by atoms with E-state index in [9.17, 15) is 4.79 Å². The Morgan fingerprint density at radius 2 is 2.24 bits per heavy atom. The van der Waals surface area contributed by atoms with Crippen molar-refractivity contribution < 1.29 is 9.53 Å². The molecule has 17 heavy (non-hydrogen) atoms. The smallest absolute Gasteiger partial charge is 0.223 e. The van der Waals surface area contributed by atoms with Crippen molar-refractivity contribution in [2.24, 2.45) is 5.92 Å². The Bertz CT molecular complexity index is 257. The van der Waals surface area contributed by atoms with E-state index in [0.29, 0.717) is 24.9 Å². The van der Waals surface area contributed by atoms with Crippen molar-refractivity contribution in [1.82, 2.24) is 10.2 Å². The van der Waals surface area contributed by atoms with Crippen molar-refractivity contribution >= 4 is 18.3 Å². The van der Waals surface area contributed by atoms with E-state index in [1.807, 2.05) is 11.8 Å². The van der Waals surface area contributed by atoms with Crippen molar-refractivity contribution in [3.05, 3.63) is 0 Å². The summed E-state index contributed by atoms with van der Waals surface area (Å²) in [6.45, 7) is 7.59. The number of morpholine rings is 1. The predicted octanol–water partition coefficient (Wildman–Crippen LogP) is 1.04. The van der Waals surface area contributed by atoms with E-state index in [0.717, 1.165) is 26.1 Å². The van der Waals surface area contributed by atoms with Gasteiger partial charge in [0, 0.05) is 13.0 Å². The van der Waals surface area contributed by atoms with Gasteiger partial charge in [0.05, 0.1) is 18.8 Å². The predicted molar refractivity (Wildman–Crippen MR) is 69.4 cm³/mol. The van der Waals surface area contributed by atoms with Crippen LogP contribution >= 0.6 is 12.4 Å². The van der Waals surface area contributed by atoms with Crippen LogP contribution in [0.3, 0.4) is 0 Å². The van der Waals surface area contributed by atoms with Crippen LogP contribution in [-0.4, -0.2) is 49.2 Å². The van der Waals surface area contributed by atoms with Crippen molar-refractivity contribution in [2.45, 2.75) is 38.8 Å². The Balaban J connectivity index is 0.00000144. The minimum atomic E-state index is 0. The highest BCUT2D eigenvalue weighted by atomic mass is 35.5. The van der Waals surface area contributed by atoms with Gasteiger partial charge in [-0.15, -0.1) is 12.4 Å². The molecule has 100 valence electrons. The lowest BCUT2D eigenvalue weighted by molar-refractivity contribution is -0.144. The third-order valence-corrected chi connectivity index (χ3v) is 3.55. The molecule has 5 heteroatoms. The fraction of sp³-hybridized carbons (Fsp3) is 0.917. The summed E-state index contributed by atoms with van der Waals surface area (Å²) in [4.78, 5) is 14.1. The third kappa shape index (κ3) is 3.83. The molecule has 0 saturated carbocycles. The van der Waals surface area contributed by atoms with Gasteiger partial charge in [-0.1, -0.05) is 0 Å². The summed E-state index contributed by atoms with van der Waals surface area (Å²) in [6.07, 6.45) is 2.02. The number of nitrogens with one attached hydrogen (secondary N) is 1. The molecule has 4 nitrogen and oxygen atoms in total. The van der Waals surface area contributed by atoms with Gasteiger partial charge in [-0.3, -0.25) is 4.79 Å². The van der Waals surface area contributed by atoms with Gasteiger partial charge in [0.15, 0.2) is 0 Å². The number of carbonyl (C=O) groups excluding carboxylic acids is 1. The van der Waals surface area contributed by atoms with Crippen LogP contribution in [0.25, 0.3) is 0 Å². The number of hydrogen-bond donors (Lipinski definition) is 1. The lowest BCUT2D eigenvalue weighted by Crippen LogP contribution is -2.50. The monoisotopic (exact) mass is 262 g/mol. The number of hydrogen-bond acceptors (Lipinski definition) is 3. The molecule has 0 bridgehead atoms. The Kier molecular flexibility index (Phi) is 5.70. The third-order valence-electron chi connectivity index (χ3n) is 3.55. The first-order chi connectivity index (χ1) is 7.66. The molecule has 0 spiro atoms. The van der Waals surface area contributed by atoms with E-state index in [1.165, 1.54) is 0 Å². The molecule has 2 heterocycles. The van der Waals surface area contributed by atoms with Gasteiger partial charge < -0.3 is 15.0 Å². The van der Waals surface area contributed by atoms with Crippen molar-refractivity contribution in [3.8, 4) is 0 Å². The van der Waals surface area contributed by atoms with E-state index in [1.54, 1.807) is 0 Å². The maximum absolute atomic E-state index is 12.2. The largest absolute Gasteiger partial charge is 0.375 e. The lowest BCUT2D eigenvalue weighted by Gasteiger charge is -2.37. The van der Waals surface area contributed by atoms with Crippen LogP contribution < -0.4 is 5.32 Å². The highest BCUT2D eigenvalue weighted by Gasteiger charge is 2.29. The first kappa shape index (κ1) is 14.7. The zero-order valence-corrected chi connectivity index (χ0v) is 11.5. The van der Waals surface area contributed by atoms with E-state index in [-0.39, 0.29) is 24.6 Å². The average Bonchev–Trinajstić information content (AvgIpc) is 2.74. The van der Waals surface area contributed by atoms with Gasteiger partial charge >= 0.3 is 0 Å². The van der Waals surface area contributed by atoms with Gasteiger partial charge in [0.2, 0.25) is 5.91 Å². The number of ether oxygens (including phenoxy) is 1. The maximum Gasteiger partial charge on any atom is 0.223 e. The van der Waals surface area contributed by atoms with Crippen molar-refractivity contribution in [1.29, 1.82) is 0 Å². The van der Waals surface area contributed by atoms with Crippen LogP contribution in [0.4, 0.5) is 0 Å². The summed E-state index contributed by atoms with van der Waals surface area (Å²) in [7, 11) is 0. The molecule has 0 aromatic rings. The zero-order valence-electron chi connectivity index (χ0n) is 10.6. The van der Waals surface area contributed by atoms with E-state index in [2.05, 4.69) is 12.2 Å². The molecular weight excluding hydrogens is 240 g/mol. The van der Waals surface area contributed by atoms with Crippen LogP contribution in [0.2, 0.25) is 0 Å². The van der Waals surface area contributed by atoms with Crippen LogP contribution in [0.15, 0.2) is 0 Å². The normalized spacial score (nSPS) is 33.3. The number of carbonyl (C=O) groups is 1. The van der Waals surface area contributed by atoms with Crippen LogP contribution in [-0.2, 0) is 9.53 Å². The van der Waals surface area contributed by atoms with Crippen molar-refractivity contribution in [2.75, 3.05) is 26.2 Å². The Morgan fingerprint density at radius 1 is 1.47 bits per heavy atom. The lowest BCUT2D eigenvalue weighted by atomic mass is 10.0. The fourth-order valence-corrected chi connectivity index (χ4v) is 2.50. The van der Waals surface area contributed by atoms with Crippen molar-refractivity contribution in [3.63, 3.8) is 0 Å². The summed E-state index contributed by atoms with van der Waals surface area (Å²) < 4.78 is 5.53. The summed E-state index contributed by atoms with van der Waals surface area (Å²) in [5.41, 5.74) is 0. The molecule has 1 amide bonds. The highest BCUT2D eigenvalue weighted by Crippen LogP contribution is 2.18. The molecule has 2 rings (SSSR count). The Morgan fingerprint density at radius 3 is 2.88 bits per heavy atom. The van der Waals surface area contributed by atoms with Gasteiger partial charge in [0.25, 0.3) is 0 Å². The minimum Gasteiger partial charge on any atom is -0.375 e. The summed E-state index contributed by atoms with van der Waals surface area (Å²) in [6, 6.07) is 0.234. The number of amides is 1. The topological polar surface area (TPSA) is 41.6 Å². The highest BCUT2D eigenvalue weighted by molar-refractivity contribution is 5.85. The zero-order chi connectivity index (χ0) is 11.5. The van der Waals surface area contributed by atoms with Gasteiger partial charge in [-0.2, -0.15) is 0 Å². The molecule has 2 fully saturated rings. The molecule has 0 aliphatic carbocycles. The van der Waals surface area contributed by atoms with Crippen LogP contribution in [0.1, 0.15) is 26.7 Å². The molecule has 3 atom stereocenters. The number of rotatable bonds is 2. The molecule has 0 aromatic heterocycles. The standard InChI is InChI=1S/C12H22N2O2.ClH/c1-9-8-16-10(2)7-14(9)12(15)5-11-3-4-13-6-11;/h9-11,13H,3-8H2,1-2H3;1H. The van der Waals surface area contributed by atoms with E-state index in [4.69, 9.17) is 4.74 Å². The molecule has 2 aliphatic heterocycles. The van der Waals surface area contributed by atoms with E-state index >= 15 is 0 Å². The number of halogens is 1. The second-order valence-corrected chi connectivity index (χ2v) is 5.10. The average molecular weight is 263 g/mol. The second kappa shape index (κ2) is 6.57. The van der Waals surface area contributed by atoms with Gasteiger partial charge in [-0.05, 0) is 39.3 Å². The van der Waals surface area contributed by atoms with Gasteiger partial charge in [0.1, 0.15) is 0 Å². The second-order valence-electron chi connectivity index (χ2n) is 5.10. The summed E-state index contributed by atoms with van der Waals surface area (Å²) in [5, 5.41) is 3.31. The SMILES string of the molecule is CC1CN(C(=O)CC2CCNC2)C(C)CO1.Cl.